The molecule has 1 aliphatic carbocycles. The number of hydrogen-bond donors (Lipinski definition) is 1. The third kappa shape index (κ3) is 2.61. The van der Waals surface area contributed by atoms with Crippen molar-refractivity contribution in [2.45, 2.75) is 44.1 Å². The maximum atomic E-state index is 10.8. The van der Waals surface area contributed by atoms with Gasteiger partial charge in [0.1, 0.15) is 0 Å². The molecule has 1 aliphatic rings. The molecule has 0 saturated heterocycles. The summed E-state index contributed by atoms with van der Waals surface area (Å²) in [6.07, 6.45) is 7.82. The highest BCUT2D eigenvalue weighted by Crippen LogP contribution is 2.39. The van der Waals surface area contributed by atoms with Gasteiger partial charge in [-0.2, -0.15) is 0 Å². The first-order valence-electron chi connectivity index (χ1n) is 7.37. The molecule has 0 aliphatic heterocycles. The van der Waals surface area contributed by atoms with Gasteiger partial charge in [0, 0.05) is 18.0 Å². The zero-order chi connectivity index (χ0) is 14.0. The summed E-state index contributed by atoms with van der Waals surface area (Å²) in [5.74, 6) is 0.440. The van der Waals surface area contributed by atoms with Crippen molar-refractivity contribution in [3.63, 3.8) is 0 Å². The zero-order valence-electron chi connectivity index (χ0n) is 11.9. The van der Waals surface area contributed by atoms with Crippen molar-refractivity contribution in [3.05, 3.63) is 65.5 Å². The van der Waals surface area contributed by atoms with Gasteiger partial charge in [-0.25, -0.2) is 0 Å². The molecule has 0 spiro atoms. The fourth-order valence-corrected chi connectivity index (χ4v) is 3.35. The quantitative estimate of drug-likeness (QED) is 0.917. The number of aryl methyl sites for hydroxylation is 1. The molecule has 2 unspecified atom stereocenters. The van der Waals surface area contributed by atoms with Crippen LogP contribution in [0.5, 0.6) is 0 Å². The van der Waals surface area contributed by atoms with E-state index in [-0.39, 0.29) is 0 Å². The van der Waals surface area contributed by atoms with E-state index in [0.717, 1.165) is 18.4 Å². The van der Waals surface area contributed by atoms with Crippen molar-refractivity contribution in [2.24, 2.45) is 0 Å². The Morgan fingerprint density at radius 2 is 2.10 bits per heavy atom. The smallest absolute Gasteiger partial charge is 0.0889 e. The van der Waals surface area contributed by atoms with Crippen LogP contribution < -0.4 is 0 Å². The summed E-state index contributed by atoms with van der Waals surface area (Å²) in [5, 5.41) is 10.8. The zero-order valence-corrected chi connectivity index (χ0v) is 11.9. The van der Waals surface area contributed by atoms with Crippen LogP contribution in [0.4, 0.5) is 0 Å². The van der Waals surface area contributed by atoms with Gasteiger partial charge in [-0.1, -0.05) is 30.3 Å². The number of aromatic nitrogens is 1. The van der Waals surface area contributed by atoms with Crippen LogP contribution in [0, 0.1) is 0 Å². The molecule has 1 aromatic heterocycles. The predicted molar refractivity (Wildman–Crippen MR) is 80.5 cm³/mol. The Morgan fingerprint density at radius 3 is 2.90 bits per heavy atom. The summed E-state index contributed by atoms with van der Waals surface area (Å²) in [6, 6.07) is 12.5. The van der Waals surface area contributed by atoms with Crippen LogP contribution in [0.25, 0.3) is 0 Å². The second kappa shape index (κ2) is 5.37. The molecular formula is C18H21NO. The van der Waals surface area contributed by atoms with Gasteiger partial charge < -0.3 is 5.11 Å². The maximum Gasteiger partial charge on any atom is 0.0889 e. The Bertz CT molecular complexity index is 577. The standard InChI is InChI=1S/C18H21NO/c1-18(20,16-9-5-11-19-13-16)12-15-8-4-7-14-6-2-3-10-17(14)15/h2-3,5-6,9-11,13,15,20H,4,7-8,12H2,1H3. The van der Waals surface area contributed by atoms with Gasteiger partial charge in [0.15, 0.2) is 0 Å². The summed E-state index contributed by atoms with van der Waals surface area (Å²) in [4.78, 5) is 4.13. The number of pyridine rings is 1. The van der Waals surface area contributed by atoms with E-state index in [2.05, 4.69) is 29.2 Å². The monoisotopic (exact) mass is 267 g/mol. The Labute approximate surface area is 120 Å². The molecule has 20 heavy (non-hydrogen) atoms. The minimum atomic E-state index is -0.816. The van der Waals surface area contributed by atoms with Crippen LogP contribution in [0.15, 0.2) is 48.8 Å². The van der Waals surface area contributed by atoms with Gasteiger partial charge in [-0.15, -0.1) is 0 Å². The molecule has 2 heteroatoms. The first kappa shape index (κ1) is 13.3. The van der Waals surface area contributed by atoms with E-state index >= 15 is 0 Å². The lowest BCUT2D eigenvalue weighted by Crippen LogP contribution is -2.26. The highest BCUT2D eigenvalue weighted by atomic mass is 16.3. The summed E-state index contributed by atoms with van der Waals surface area (Å²) in [7, 11) is 0. The van der Waals surface area contributed by atoms with Crippen molar-refractivity contribution in [2.75, 3.05) is 0 Å². The first-order chi connectivity index (χ1) is 9.67. The molecular weight excluding hydrogens is 246 g/mol. The van der Waals surface area contributed by atoms with Gasteiger partial charge in [-0.05, 0) is 55.7 Å². The number of hydrogen-bond acceptors (Lipinski definition) is 2. The molecule has 1 N–H and O–H groups in total. The van der Waals surface area contributed by atoms with Crippen molar-refractivity contribution in [1.82, 2.24) is 4.98 Å². The number of fused-ring (bicyclic) bond motifs is 1. The molecule has 1 aromatic carbocycles. The molecule has 3 rings (SSSR count). The summed E-state index contributed by atoms with van der Waals surface area (Å²) in [5.41, 5.74) is 2.96. The Balaban J connectivity index is 1.85. The molecule has 2 atom stereocenters. The van der Waals surface area contributed by atoms with Crippen molar-refractivity contribution >= 4 is 0 Å². The fraction of sp³-hybridized carbons (Fsp3) is 0.389. The average molecular weight is 267 g/mol. The van der Waals surface area contributed by atoms with Gasteiger partial charge in [-0.3, -0.25) is 4.98 Å². The molecule has 0 amide bonds. The van der Waals surface area contributed by atoms with Crippen molar-refractivity contribution in [1.29, 1.82) is 0 Å². The van der Waals surface area contributed by atoms with E-state index in [4.69, 9.17) is 0 Å². The Hall–Kier alpha value is -1.67. The van der Waals surface area contributed by atoms with Gasteiger partial charge >= 0.3 is 0 Å². The molecule has 0 saturated carbocycles. The normalized spacial score (nSPS) is 21.0. The minimum Gasteiger partial charge on any atom is -0.385 e. The first-order valence-corrected chi connectivity index (χ1v) is 7.37. The molecule has 0 bridgehead atoms. The molecule has 2 nitrogen and oxygen atoms in total. The average Bonchev–Trinajstić information content (AvgIpc) is 2.48. The van der Waals surface area contributed by atoms with E-state index < -0.39 is 5.60 Å². The second-order valence-corrected chi connectivity index (χ2v) is 6.01. The number of benzene rings is 1. The third-order valence-corrected chi connectivity index (χ3v) is 4.42. The Morgan fingerprint density at radius 1 is 1.25 bits per heavy atom. The third-order valence-electron chi connectivity index (χ3n) is 4.42. The minimum absolute atomic E-state index is 0.440. The fourth-order valence-electron chi connectivity index (χ4n) is 3.35. The van der Waals surface area contributed by atoms with Gasteiger partial charge in [0.2, 0.25) is 0 Å². The van der Waals surface area contributed by atoms with Crippen molar-refractivity contribution in [3.8, 4) is 0 Å². The molecule has 0 fully saturated rings. The van der Waals surface area contributed by atoms with Gasteiger partial charge in [0.25, 0.3) is 0 Å². The molecule has 1 heterocycles. The van der Waals surface area contributed by atoms with Crippen LogP contribution in [0.3, 0.4) is 0 Å². The number of rotatable bonds is 3. The summed E-state index contributed by atoms with van der Waals surface area (Å²) >= 11 is 0. The molecule has 104 valence electrons. The lowest BCUT2D eigenvalue weighted by molar-refractivity contribution is 0.0377. The van der Waals surface area contributed by atoms with E-state index in [1.807, 2.05) is 19.1 Å². The maximum absolute atomic E-state index is 10.8. The largest absolute Gasteiger partial charge is 0.385 e. The van der Waals surface area contributed by atoms with Crippen molar-refractivity contribution < 1.29 is 5.11 Å². The second-order valence-electron chi connectivity index (χ2n) is 6.01. The van der Waals surface area contributed by atoms with E-state index in [1.165, 1.54) is 24.0 Å². The lowest BCUT2D eigenvalue weighted by Gasteiger charge is -2.32. The van der Waals surface area contributed by atoms with Crippen LogP contribution in [-0.4, -0.2) is 10.1 Å². The SMILES string of the molecule is CC(O)(CC1CCCc2ccccc21)c1cccnc1. The highest BCUT2D eigenvalue weighted by molar-refractivity contribution is 5.33. The van der Waals surface area contributed by atoms with Gasteiger partial charge in [0.05, 0.1) is 5.60 Å². The topological polar surface area (TPSA) is 33.1 Å². The number of aliphatic hydroxyl groups is 1. The van der Waals surface area contributed by atoms with Crippen LogP contribution in [-0.2, 0) is 12.0 Å². The summed E-state index contributed by atoms with van der Waals surface area (Å²) < 4.78 is 0. The van der Waals surface area contributed by atoms with E-state index in [1.54, 1.807) is 12.4 Å². The van der Waals surface area contributed by atoms with Crippen LogP contribution in [0.2, 0.25) is 0 Å². The Kier molecular flexibility index (Phi) is 3.58. The van der Waals surface area contributed by atoms with Crippen LogP contribution in [0.1, 0.15) is 48.8 Å². The lowest BCUT2D eigenvalue weighted by atomic mass is 9.76. The number of nitrogens with zero attached hydrogens (tertiary/aromatic N) is 1. The molecule has 0 radical (unpaired) electrons. The van der Waals surface area contributed by atoms with Crippen LogP contribution >= 0.6 is 0 Å². The van der Waals surface area contributed by atoms with E-state index in [9.17, 15) is 5.11 Å². The predicted octanol–water partition coefficient (Wildman–Crippen LogP) is 3.80. The molecule has 2 aromatic rings. The summed E-state index contributed by atoms with van der Waals surface area (Å²) in [6.45, 7) is 1.90. The van der Waals surface area contributed by atoms with E-state index in [0.29, 0.717) is 5.92 Å². The highest BCUT2D eigenvalue weighted by Gasteiger charge is 2.30.